The van der Waals surface area contributed by atoms with Gasteiger partial charge in [0.15, 0.2) is 0 Å². The molecule has 0 saturated carbocycles. The molecule has 0 spiro atoms. The van der Waals surface area contributed by atoms with E-state index in [0.29, 0.717) is 49.3 Å². The lowest BCUT2D eigenvalue weighted by Crippen LogP contribution is -2.40. The zero-order valence-electron chi connectivity index (χ0n) is 17.2. The molecule has 2 aromatic rings. The van der Waals surface area contributed by atoms with Crippen LogP contribution >= 0.6 is 0 Å². The van der Waals surface area contributed by atoms with Crippen molar-refractivity contribution in [2.45, 2.75) is 26.7 Å². The van der Waals surface area contributed by atoms with Gasteiger partial charge < -0.3 is 24.1 Å². The molecule has 0 atom stereocenters. The Bertz CT molecular complexity index is 1080. The molecular weight excluding hydrogens is 376 g/mol. The summed E-state index contributed by atoms with van der Waals surface area (Å²) in [6, 6.07) is 3.52. The Morgan fingerprint density at radius 3 is 2.14 bits per heavy atom. The number of rotatable bonds is 4. The van der Waals surface area contributed by atoms with Gasteiger partial charge in [0.2, 0.25) is 5.91 Å². The van der Waals surface area contributed by atoms with E-state index >= 15 is 0 Å². The number of nitrogens with one attached hydrogen (secondary N) is 1. The summed E-state index contributed by atoms with van der Waals surface area (Å²) in [4.78, 5) is 50.2. The second-order valence-corrected chi connectivity index (χ2v) is 7.28. The number of aryl methyl sites for hydroxylation is 2. The first-order valence-electron chi connectivity index (χ1n) is 9.67. The molecule has 1 saturated heterocycles. The molecular formula is C20H26N4O5. The number of nitrogens with zero attached hydrogens (tertiary/aromatic N) is 3. The van der Waals surface area contributed by atoms with E-state index < -0.39 is 11.1 Å². The van der Waals surface area contributed by atoms with Gasteiger partial charge >= 0.3 is 17.1 Å². The van der Waals surface area contributed by atoms with Gasteiger partial charge in [0.25, 0.3) is 0 Å². The Kier molecular flexibility index (Phi) is 5.76. The average molecular weight is 402 g/mol. The molecule has 1 N–H and O–H groups in total. The number of ether oxygens (including phenoxy) is 1. The zero-order valence-corrected chi connectivity index (χ0v) is 17.2. The number of hydrogen-bond donors (Lipinski definition) is 1. The van der Waals surface area contributed by atoms with Crippen LogP contribution < -0.4 is 21.3 Å². The number of benzene rings is 1. The van der Waals surface area contributed by atoms with Crippen LogP contribution in [-0.2, 0) is 28.4 Å². The van der Waals surface area contributed by atoms with E-state index in [2.05, 4.69) is 10.2 Å². The lowest BCUT2D eigenvalue weighted by Gasteiger charge is -2.34. The molecule has 9 nitrogen and oxygen atoms in total. The minimum Gasteiger partial charge on any atom is -0.466 e. The summed E-state index contributed by atoms with van der Waals surface area (Å²) >= 11 is 0. The standard InChI is InChI=1S/C20H26N4O5/c1-5-29-20(28)13-6-8-24(9-7-13)15-11-17-16(10-14(15)21-12(2)25)22(3)18(26)19(27)23(17)4/h10-11,13H,5-9H2,1-4H3,(H,21,25). The number of amides is 1. The number of hydrogen-bond acceptors (Lipinski definition) is 6. The highest BCUT2D eigenvalue weighted by Gasteiger charge is 2.27. The normalized spacial score (nSPS) is 14.8. The quantitative estimate of drug-likeness (QED) is 0.604. The molecule has 1 aliphatic heterocycles. The van der Waals surface area contributed by atoms with Crippen LogP contribution in [0, 0.1) is 5.92 Å². The maximum absolute atomic E-state index is 12.2. The van der Waals surface area contributed by atoms with Crippen molar-refractivity contribution in [3.63, 3.8) is 0 Å². The fraction of sp³-hybridized carbons (Fsp3) is 0.500. The predicted octanol–water partition coefficient (Wildman–Crippen LogP) is 0.975. The number of esters is 1. The largest absolute Gasteiger partial charge is 0.466 e. The molecule has 2 heterocycles. The first-order valence-corrected chi connectivity index (χ1v) is 9.67. The minimum atomic E-state index is -0.628. The Hall–Kier alpha value is -3.10. The van der Waals surface area contributed by atoms with Crippen molar-refractivity contribution in [2.24, 2.45) is 20.0 Å². The van der Waals surface area contributed by atoms with Crippen LogP contribution in [0.2, 0.25) is 0 Å². The van der Waals surface area contributed by atoms with Crippen molar-refractivity contribution in [2.75, 3.05) is 29.9 Å². The summed E-state index contributed by atoms with van der Waals surface area (Å²) in [6.07, 6.45) is 1.28. The van der Waals surface area contributed by atoms with E-state index in [0.717, 1.165) is 5.69 Å². The average Bonchev–Trinajstić information content (AvgIpc) is 2.70. The van der Waals surface area contributed by atoms with Crippen LogP contribution in [0.1, 0.15) is 26.7 Å². The maximum atomic E-state index is 12.2. The van der Waals surface area contributed by atoms with Crippen LogP contribution in [0.25, 0.3) is 11.0 Å². The van der Waals surface area contributed by atoms with Crippen molar-refractivity contribution < 1.29 is 14.3 Å². The number of aromatic nitrogens is 2. The Labute approximate surface area is 167 Å². The van der Waals surface area contributed by atoms with Gasteiger partial charge in [-0.3, -0.25) is 19.2 Å². The van der Waals surface area contributed by atoms with Gasteiger partial charge in [-0.1, -0.05) is 0 Å². The first kappa shape index (κ1) is 20.6. The zero-order chi connectivity index (χ0) is 21.3. The van der Waals surface area contributed by atoms with Crippen molar-refractivity contribution in [1.82, 2.24) is 9.13 Å². The molecule has 3 rings (SSSR count). The predicted molar refractivity (Wildman–Crippen MR) is 110 cm³/mol. The molecule has 1 fully saturated rings. The molecule has 0 radical (unpaired) electrons. The van der Waals surface area contributed by atoms with Gasteiger partial charge in [0.05, 0.1) is 34.9 Å². The third-order valence-corrected chi connectivity index (χ3v) is 5.37. The van der Waals surface area contributed by atoms with E-state index in [-0.39, 0.29) is 17.8 Å². The summed E-state index contributed by atoms with van der Waals surface area (Å²) < 4.78 is 7.74. The van der Waals surface area contributed by atoms with Crippen molar-refractivity contribution in [1.29, 1.82) is 0 Å². The highest BCUT2D eigenvalue weighted by molar-refractivity contribution is 5.97. The van der Waals surface area contributed by atoms with Crippen LogP contribution in [-0.4, -0.2) is 40.7 Å². The van der Waals surface area contributed by atoms with Crippen molar-refractivity contribution in [3.05, 3.63) is 32.8 Å². The van der Waals surface area contributed by atoms with Gasteiger partial charge in [-0.25, -0.2) is 0 Å². The summed E-state index contributed by atoms with van der Waals surface area (Å²) in [7, 11) is 3.09. The molecule has 1 aromatic carbocycles. The lowest BCUT2D eigenvalue weighted by atomic mass is 9.96. The second-order valence-electron chi connectivity index (χ2n) is 7.28. The summed E-state index contributed by atoms with van der Waals surface area (Å²) in [5.41, 5.74) is 1.22. The van der Waals surface area contributed by atoms with Crippen LogP contribution in [0.4, 0.5) is 11.4 Å². The van der Waals surface area contributed by atoms with E-state index in [9.17, 15) is 19.2 Å². The molecule has 1 aromatic heterocycles. The van der Waals surface area contributed by atoms with Gasteiger partial charge in [0, 0.05) is 34.1 Å². The van der Waals surface area contributed by atoms with E-state index in [4.69, 9.17) is 4.74 Å². The monoisotopic (exact) mass is 402 g/mol. The maximum Gasteiger partial charge on any atom is 0.316 e. The number of carbonyl (C=O) groups is 2. The molecule has 29 heavy (non-hydrogen) atoms. The molecule has 9 heteroatoms. The van der Waals surface area contributed by atoms with Crippen LogP contribution in [0.3, 0.4) is 0 Å². The molecule has 156 valence electrons. The second kappa shape index (κ2) is 8.10. The lowest BCUT2D eigenvalue weighted by molar-refractivity contribution is -0.148. The smallest absolute Gasteiger partial charge is 0.316 e. The van der Waals surface area contributed by atoms with E-state index in [1.54, 1.807) is 20.0 Å². The van der Waals surface area contributed by atoms with Gasteiger partial charge in [-0.15, -0.1) is 0 Å². The SMILES string of the molecule is CCOC(=O)C1CCN(c2cc3c(cc2NC(C)=O)n(C)c(=O)c(=O)n3C)CC1. The first-order chi connectivity index (χ1) is 13.7. The van der Waals surface area contributed by atoms with Crippen LogP contribution in [0.5, 0.6) is 0 Å². The van der Waals surface area contributed by atoms with E-state index in [1.165, 1.54) is 23.1 Å². The summed E-state index contributed by atoms with van der Waals surface area (Å²) in [5, 5.41) is 2.82. The molecule has 1 aliphatic rings. The number of anilines is 2. The van der Waals surface area contributed by atoms with Gasteiger partial charge in [-0.2, -0.15) is 0 Å². The van der Waals surface area contributed by atoms with Gasteiger partial charge in [0.1, 0.15) is 0 Å². The Balaban J connectivity index is 2.05. The van der Waals surface area contributed by atoms with Gasteiger partial charge in [-0.05, 0) is 31.9 Å². The highest BCUT2D eigenvalue weighted by atomic mass is 16.5. The minimum absolute atomic E-state index is 0.138. The topological polar surface area (TPSA) is 103 Å². The number of carbonyl (C=O) groups excluding carboxylic acids is 2. The Morgan fingerprint density at radius 1 is 1.07 bits per heavy atom. The van der Waals surface area contributed by atoms with Crippen molar-refractivity contribution >= 4 is 34.3 Å². The fourth-order valence-electron chi connectivity index (χ4n) is 3.78. The molecule has 0 aliphatic carbocycles. The summed E-state index contributed by atoms with van der Waals surface area (Å²) in [6.45, 7) is 4.80. The number of piperidine rings is 1. The highest BCUT2D eigenvalue weighted by Crippen LogP contribution is 2.33. The summed E-state index contributed by atoms with van der Waals surface area (Å²) in [5.74, 6) is -0.548. The van der Waals surface area contributed by atoms with E-state index in [1.807, 2.05) is 6.07 Å². The fourth-order valence-corrected chi connectivity index (χ4v) is 3.78. The molecule has 0 bridgehead atoms. The molecule has 1 amide bonds. The van der Waals surface area contributed by atoms with Crippen molar-refractivity contribution in [3.8, 4) is 0 Å². The molecule has 0 unspecified atom stereocenters. The van der Waals surface area contributed by atoms with Crippen LogP contribution in [0.15, 0.2) is 21.7 Å². The third-order valence-electron chi connectivity index (χ3n) is 5.37. The Morgan fingerprint density at radius 2 is 1.62 bits per heavy atom. The number of fused-ring (bicyclic) bond motifs is 1. The third kappa shape index (κ3) is 3.90.